The third-order valence-corrected chi connectivity index (χ3v) is 3.10. The zero-order valence-corrected chi connectivity index (χ0v) is 11.4. The predicted octanol–water partition coefficient (Wildman–Crippen LogP) is 1.32. The zero-order chi connectivity index (χ0) is 13.7. The number of benzene rings is 1. The van der Waals surface area contributed by atoms with Crippen molar-refractivity contribution in [1.82, 2.24) is 5.32 Å². The van der Waals surface area contributed by atoms with Crippen molar-refractivity contribution in [3.63, 3.8) is 0 Å². The summed E-state index contributed by atoms with van der Waals surface area (Å²) in [5, 5.41) is 6.09. The summed E-state index contributed by atoms with van der Waals surface area (Å²) in [5.41, 5.74) is 1.78. The van der Waals surface area contributed by atoms with Crippen LogP contribution in [0.1, 0.15) is 12.0 Å². The molecule has 1 amide bonds. The van der Waals surface area contributed by atoms with Crippen molar-refractivity contribution in [2.75, 3.05) is 32.1 Å². The van der Waals surface area contributed by atoms with Crippen LogP contribution in [0.25, 0.3) is 0 Å². The molecule has 1 aliphatic rings. The fraction of sp³-hybridized carbons (Fsp3) is 0.500. The smallest absolute Gasteiger partial charge is 0.227 e. The number of carbonyl (C=O) groups is 1. The number of aryl methyl sites for hydroxylation is 1. The van der Waals surface area contributed by atoms with Gasteiger partial charge in [0.15, 0.2) is 0 Å². The van der Waals surface area contributed by atoms with Gasteiger partial charge in [-0.1, -0.05) is 0 Å². The molecule has 1 aromatic carbocycles. The van der Waals surface area contributed by atoms with E-state index in [0.29, 0.717) is 13.0 Å². The first-order valence-electron chi connectivity index (χ1n) is 6.46. The SMILES string of the molecule is COc1ccc(NC(=O)CC2CNCCO2)cc1C. The molecule has 0 aliphatic carbocycles. The number of carbonyl (C=O) groups excluding carboxylic acids is 1. The minimum atomic E-state index is -0.0342. The summed E-state index contributed by atoms with van der Waals surface area (Å²) in [6.45, 7) is 4.20. The first kappa shape index (κ1) is 13.8. The highest BCUT2D eigenvalue weighted by atomic mass is 16.5. The van der Waals surface area contributed by atoms with Crippen LogP contribution in [0.5, 0.6) is 5.75 Å². The van der Waals surface area contributed by atoms with Crippen molar-refractivity contribution in [1.29, 1.82) is 0 Å². The number of hydrogen-bond donors (Lipinski definition) is 2. The van der Waals surface area contributed by atoms with Crippen LogP contribution < -0.4 is 15.4 Å². The highest BCUT2D eigenvalue weighted by molar-refractivity contribution is 5.91. The standard InChI is InChI=1S/C14H20N2O3/c1-10-7-11(3-4-13(10)18-2)16-14(17)8-12-9-15-5-6-19-12/h3-4,7,12,15H,5-6,8-9H2,1-2H3,(H,16,17). The van der Waals surface area contributed by atoms with E-state index >= 15 is 0 Å². The quantitative estimate of drug-likeness (QED) is 0.861. The van der Waals surface area contributed by atoms with Gasteiger partial charge < -0.3 is 20.1 Å². The topological polar surface area (TPSA) is 59.6 Å². The lowest BCUT2D eigenvalue weighted by Crippen LogP contribution is -2.40. The van der Waals surface area contributed by atoms with E-state index in [4.69, 9.17) is 9.47 Å². The Balaban J connectivity index is 1.89. The van der Waals surface area contributed by atoms with E-state index in [1.807, 2.05) is 25.1 Å². The molecule has 1 fully saturated rings. The summed E-state index contributed by atoms with van der Waals surface area (Å²) in [6.07, 6.45) is 0.339. The zero-order valence-electron chi connectivity index (χ0n) is 11.4. The van der Waals surface area contributed by atoms with Gasteiger partial charge in [-0.05, 0) is 30.7 Å². The van der Waals surface area contributed by atoms with Crippen LogP contribution in [0.3, 0.4) is 0 Å². The molecule has 0 radical (unpaired) electrons. The number of hydrogen-bond acceptors (Lipinski definition) is 4. The maximum Gasteiger partial charge on any atom is 0.227 e. The molecule has 0 bridgehead atoms. The van der Waals surface area contributed by atoms with Crippen LogP contribution in [-0.2, 0) is 9.53 Å². The summed E-state index contributed by atoms with van der Waals surface area (Å²) in [5.74, 6) is 0.788. The summed E-state index contributed by atoms with van der Waals surface area (Å²) in [7, 11) is 1.63. The number of amides is 1. The normalized spacial score (nSPS) is 18.9. The van der Waals surface area contributed by atoms with E-state index < -0.39 is 0 Å². The second-order valence-electron chi connectivity index (χ2n) is 4.63. The number of anilines is 1. The van der Waals surface area contributed by atoms with Crippen molar-refractivity contribution in [3.8, 4) is 5.75 Å². The number of morpholine rings is 1. The molecule has 2 N–H and O–H groups in total. The van der Waals surface area contributed by atoms with E-state index in [-0.39, 0.29) is 12.0 Å². The highest BCUT2D eigenvalue weighted by Crippen LogP contribution is 2.21. The average Bonchev–Trinajstić information content (AvgIpc) is 2.40. The second kappa shape index (κ2) is 6.54. The molecule has 104 valence electrons. The number of ether oxygens (including phenoxy) is 2. The Morgan fingerprint density at radius 3 is 3.05 bits per heavy atom. The van der Waals surface area contributed by atoms with Crippen LogP contribution in [0, 0.1) is 6.92 Å². The Kier molecular flexibility index (Phi) is 4.76. The molecule has 19 heavy (non-hydrogen) atoms. The van der Waals surface area contributed by atoms with Crippen LogP contribution in [0.15, 0.2) is 18.2 Å². The third kappa shape index (κ3) is 3.94. The number of methoxy groups -OCH3 is 1. The van der Waals surface area contributed by atoms with Gasteiger partial charge in [0, 0.05) is 18.8 Å². The molecule has 0 aromatic heterocycles. The highest BCUT2D eigenvalue weighted by Gasteiger charge is 2.17. The fourth-order valence-electron chi connectivity index (χ4n) is 2.13. The van der Waals surface area contributed by atoms with E-state index in [0.717, 1.165) is 30.1 Å². The molecular formula is C14H20N2O3. The maximum absolute atomic E-state index is 11.9. The van der Waals surface area contributed by atoms with Crippen LogP contribution in [0.2, 0.25) is 0 Å². The third-order valence-electron chi connectivity index (χ3n) is 3.10. The monoisotopic (exact) mass is 264 g/mol. The molecule has 1 unspecified atom stereocenters. The van der Waals surface area contributed by atoms with E-state index in [2.05, 4.69) is 10.6 Å². The van der Waals surface area contributed by atoms with Gasteiger partial charge >= 0.3 is 0 Å². The Morgan fingerprint density at radius 1 is 1.58 bits per heavy atom. The molecule has 5 heteroatoms. The van der Waals surface area contributed by atoms with Gasteiger partial charge in [0.25, 0.3) is 0 Å². The molecule has 1 heterocycles. The van der Waals surface area contributed by atoms with Crippen LogP contribution >= 0.6 is 0 Å². The van der Waals surface area contributed by atoms with Gasteiger partial charge in [-0.25, -0.2) is 0 Å². The second-order valence-corrected chi connectivity index (χ2v) is 4.63. The Hall–Kier alpha value is -1.59. The minimum Gasteiger partial charge on any atom is -0.496 e. The molecule has 0 spiro atoms. The maximum atomic E-state index is 11.9. The van der Waals surface area contributed by atoms with Gasteiger partial charge in [-0.15, -0.1) is 0 Å². The van der Waals surface area contributed by atoms with E-state index in [1.54, 1.807) is 7.11 Å². The summed E-state index contributed by atoms with van der Waals surface area (Å²) in [4.78, 5) is 11.9. The van der Waals surface area contributed by atoms with Crippen LogP contribution in [-0.4, -0.2) is 38.8 Å². The molecular weight excluding hydrogens is 244 g/mol. The van der Waals surface area contributed by atoms with Gasteiger partial charge in [-0.2, -0.15) is 0 Å². The van der Waals surface area contributed by atoms with Crippen LogP contribution in [0.4, 0.5) is 5.69 Å². The van der Waals surface area contributed by atoms with Crippen molar-refractivity contribution >= 4 is 11.6 Å². The molecule has 0 saturated carbocycles. The molecule has 1 atom stereocenters. The summed E-state index contributed by atoms with van der Waals surface area (Å²) >= 11 is 0. The Labute approximate surface area is 113 Å². The average molecular weight is 264 g/mol. The molecule has 1 saturated heterocycles. The molecule has 1 aromatic rings. The lowest BCUT2D eigenvalue weighted by molar-refractivity contribution is -0.119. The molecule has 1 aliphatic heterocycles. The predicted molar refractivity (Wildman–Crippen MR) is 73.6 cm³/mol. The molecule has 5 nitrogen and oxygen atoms in total. The Morgan fingerprint density at radius 2 is 2.42 bits per heavy atom. The van der Waals surface area contributed by atoms with Crippen molar-refractivity contribution in [2.24, 2.45) is 0 Å². The summed E-state index contributed by atoms with van der Waals surface area (Å²) < 4.78 is 10.7. The Bertz CT molecular complexity index is 442. The fourth-order valence-corrected chi connectivity index (χ4v) is 2.13. The van der Waals surface area contributed by atoms with E-state index in [1.165, 1.54) is 0 Å². The summed E-state index contributed by atoms with van der Waals surface area (Å²) in [6, 6.07) is 5.59. The first-order valence-corrected chi connectivity index (χ1v) is 6.46. The van der Waals surface area contributed by atoms with Gasteiger partial charge in [0.2, 0.25) is 5.91 Å². The van der Waals surface area contributed by atoms with Crippen molar-refractivity contribution in [3.05, 3.63) is 23.8 Å². The van der Waals surface area contributed by atoms with Crippen molar-refractivity contribution < 1.29 is 14.3 Å². The van der Waals surface area contributed by atoms with Gasteiger partial charge in [0.05, 0.1) is 26.2 Å². The lowest BCUT2D eigenvalue weighted by atomic mass is 10.2. The van der Waals surface area contributed by atoms with Gasteiger partial charge in [0.1, 0.15) is 5.75 Å². The first-order chi connectivity index (χ1) is 9.19. The van der Waals surface area contributed by atoms with Crippen molar-refractivity contribution in [2.45, 2.75) is 19.4 Å². The largest absolute Gasteiger partial charge is 0.496 e. The minimum absolute atomic E-state index is 0.0294. The molecule has 2 rings (SSSR count). The van der Waals surface area contributed by atoms with E-state index in [9.17, 15) is 4.79 Å². The number of nitrogens with one attached hydrogen (secondary N) is 2. The number of rotatable bonds is 4. The van der Waals surface area contributed by atoms with Gasteiger partial charge in [-0.3, -0.25) is 4.79 Å². The lowest BCUT2D eigenvalue weighted by Gasteiger charge is -2.23.